The van der Waals surface area contributed by atoms with Crippen LogP contribution in [0.15, 0.2) is 22.8 Å². The maximum atomic E-state index is 11.7. The predicted octanol–water partition coefficient (Wildman–Crippen LogP) is 2.13. The van der Waals surface area contributed by atoms with Crippen LogP contribution in [0.3, 0.4) is 0 Å². The molecule has 100 valence electrons. The lowest BCUT2D eigenvalue weighted by atomic mass is 9.98. The molecular weight excluding hydrogens is 228 g/mol. The smallest absolute Gasteiger partial charge is 0.287 e. The largest absolute Gasteiger partial charge is 0.459 e. The molecule has 18 heavy (non-hydrogen) atoms. The van der Waals surface area contributed by atoms with E-state index in [9.17, 15) is 4.79 Å². The molecule has 1 aromatic heterocycles. The van der Waals surface area contributed by atoms with E-state index in [-0.39, 0.29) is 5.91 Å². The lowest BCUT2D eigenvalue weighted by Gasteiger charge is -2.34. The van der Waals surface area contributed by atoms with Crippen molar-refractivity contribution in [3.05, 3.63) is 24.2 Å². The van der Waals surface area contributed by atoms with Crippen molar-refractivity contribution in [2.24, 2.45) is 5.92 Å². The molecule has 0 bridgehead atoms. The molecule has 2 heterocycles. The summed E-state index contributed by atoms with van der Waals surface area (Å²) in [6.07, 6.45) is 4.04. The van der Waals surface area contributed by atoms with Crippen molar-refractivity contribution in [1.29, 1.82) is 0 Å². The Morgan fingerprint density at radius 3 is 2.89 bits per heavy atom. The van der Waals surface area contributed by atoms with Gasteiger partial charge in [0.1, 0.15) is 0 Å². The molecule has 0 radical (unpaired) electrons. The topological polar surface area (TPSA) is 45.5 Å². The first kappa shape index (κ1) is 13.1. The summed E-state index contributed by atoms with van der Waals surface area (Å²) in [5.41, 5.74) is 0. The Morgan fingerprint density at radius 1 is 1.56 bits per heavy atom. The molecule has 0 aromatic carbocycles. The number of amides is 1. The Labute approximate surface area is 108 Å². The van der Waals surface area contributed by atoms with Crippen molar-refractivity contribution in [2.75, 3.05) is 19.6 Å². The molecule has 0 saturated carbocycles. The number of furan rings is 1. The molecule has 4 heteroatoms. The molecule has 4 nitrogen and oxygen atoms in total. The van der Waals surface area contributed by atoms with Gasteiger partial charge < -0.3 is 9.73 Å². The highest BCUT2D eigenvalue weighted by Gasteiger charge is 2.20. The van der Waals surface area contributed by atoms with E-state index in [0.717, 1.165) is 19.0 Å². The highest BCUT2D eigenvalue weighted by atomic mass is 16.3. The Bertz CT molecular complexity index is 367. The van der Waals surface area contributed by atoms with Gasteiger partial charge in [0.25, 0.3) is 5.91 Å². The second-order valence-corrected chi connectivity index (χ2v) is 5.25. The molecule has 0 aliphatic carbocycles. The summed E-state index contributed by atoms with van der Waals surface area (Å²) < 4.78 is 5.06. The van der Waals surface area contributed by atoms with Crippen molar-refractivity contribution in [2.45, 2.75) is 32.7 Å². The zero-order valence-corrected chi connectivity index (χ0v) is 11.2. The number of nitrogens with one attached hydrogen (secondary N) is 1. The van der Waals surface area contributed by atoms with Crippen LogP contribution in [0.25, 0.3) is 0 Å². The molecule has 0 spiro atoms. The monoisotopic (exact) mass is 250 g/mol. The molecule has 1 N–H and O–H groups in total. The first-order valence-corrected chi connectivity index (χ1v) is 6.72. The molecular formula is C14H22N2O2. The lowest BCUT2D eigenvalue weighted by molar-refractivity contribution is 0.0895. The minimum absolute atomic E-state index is 0.128. The van der Waals surface area contributed by atoms with Gasteiger partial charge in [-0.3, -0.25) is 9.69 Å². The van der Waals surface area contributed by atoms with Crippen LogP contribution in [0, 0.1) is 5.92 Å². The van der Waals surface area contributed by atoms with Gasteiger partial charge >= 0.3 is 0 Å². The zero-order valence-electron chi connectivity index (χ0n) is 11.2. The Morgan fingerprint density at radius 2 is 2.28 bits per heavy atom. The van der Waals surface area contributed by atoms with E-state index < -0.39 is 0 Å². The van der Waals surface area contributed by atoms with Crippen LogP contribution in [-0.4, -0.2) is 36.5 Å². The van der Waals surface area contributed by atoms with E-state index in [1.165, 1.54) is 19.1 Å². The van der Waals surface area contributed by atoms with Gasteiger partial charge in [-0.2, -0.15) is 0 Å². The second kappa shape index (κ2) is 6.05. The van der Waals surface area contributed by atoms with Crippen LogP contribution in [0.5, 0.6) is 0 Å². The standard InChI is InChI=1S/C14H22N2O2/c1-11-5-7-16(8-6-11)12(2)10-15-14(17)13-4-3-9-18-13/h3-4,9,11-12H,5-8,10H2,1-2H3,(H,15,17). The highest BCUT2D eigenvalue weighted by Crippen LogP contribution is 2.17. The second-order valence-electron chi connectivity index (χ2n) is 5.25. The van der Waals surface area contributed by atoms with E-state index in [2.05, 4.69) is 24.1 Å². The number of piperidine rings is 1. The van der Waals surface area contributed by atoms with Crippen LogP contribution in [0.2, 0.25) is 0 Å². The summed E-state index contributed by atoms with van der Waals surface area (Å²) in [6, 6.07) is 3.80. The molecule has 1 amide bonds. The highest BCUT2D eigenvalue weighted by molar-refractivity contribution is 5.91. The predicted molar refractivity (Wildman–Crippen MR) is 70.5 cm³/mol. The summed E-state index contributed by atoms with van der Waals surface area (Å²) in [6.45, 7) is 7.42. The Kier molecular flexibility index (Phi) is 4.42. The molecule has 1 aliphatic rings. The third kappa shape index (κ3) is 3.35. The van der Waals surface area contributed by atoms with E-state index in [1.54, 1.807) is 12.1 Å². The molecule has 1 unspecified atom stereocenters. The summed E-state index contributed by atoms with van der Waals surface area (Å²) in [7, 11) is 0. The fourth-order valence-electron chi connectivity index (χ4n) is 2.33. The van der Waals surface area contributed by atoms with E-state index >= 15 is 0 Å². The quantitative estimate of drug-likeness (QED) is 0.890. The van der Waals surface area contributed by atoms with Gasteiger partial charge in [0, 0.05) is 12.6 Å². The van der Waals surface area contributed by atoms with Crippen LogP contribution in [0.4, 0.5) is 0 Å². The summed E-state index contributed by atoms with van der Waals surface area (Å²) in [5.74, 6) is 1.10. The van der Waals surface area contributed by atoms with Crippen LogP contribution in [0.1, 0.15) is 37.2 Å². The number of carbonyl (C=O) groups is 1. The van der Waals surface area contributed by atoms with Crippen LogP contribution >= 0.6 is 0 Å². The third-order valence-corrected chi connectivity index (χ3v) is 3.74. The molecule has 1 aromatic rings. The number of hydrogen-bond acceptors (Lipinski definition) is 3. The SMILES string of the molecule is CC1CCN(C(C)CNC(=O)c2ccco2)CC1. The van der Waals surface area contributed by atoms with Gasteiger partial charge in [0.2, 0.25) is 0 Å². The maximum Gasteiger partial charge on any atom is 0.287 e. The number of carbonyl (C=O) groups excluding carboxylic acids is 1. The van der Waals surface area contributed by atoms with Crippen LogP contribution in [-0.2, 0) is 0 Å². The molecule has 1 saturated heterocycles. The molecule has 1 fully saturated rings. The fourth-order valence-corrected chi connectivity index (χ4v) is 2.33. The van der Waals surface area contributed by atoms with Crippen molar-refractivity contribution in [1.82, 2.24) is 10.2 Å². The Balaban J connectivity index is 1.74. The lowest BCUT2D eigenvalue weighted by Crippen LogP contribution is -2.45. The average molecular weight is 250 g/mol. The van der Waals surface area contributed by atoms with Crippen molar-refractivity contribution in [3.8, 4) is 0 Å². The van der Waals surface area contributed by atoms with Crippen molar-refractivity contribution >= 4 is 5.91 Å². The molecule has 2 rings (SSSR count). The fraction of sp³-hybridized carbons (Fsp3) is 0.643. The van der Waals surface area contributed by atoms with Gasteiger partial charge in [0.15, 0.2) is 5.76 Å². The van der Waals surface area contributed by atoms with E-state index in [4.69, 9.17) is 4.42 Å². The van der Waals surface area contributed by atoms with Crippen molar-refractivity contribution in [3.63, 3.8) is 0 Å². The normalized spacial score (nSPS) is 19.7. The number of hydrogen-bond donors (Lipinski definition) is 1. The van der Waals surface area contributed by atoms with Crippen LogP contribution < -0.4 is 5.32 Å². The van der Waals surface area contributed by atoms with Gasteiger partial charge in [-0.05, 0) is 50.9 Å². The zero-order chi connectivity index (χ0) is 13.0. The first-order valence-electron chi connectivity index (χ1n) is 6.72. The summed E-state index contributed by atoms with van der Waals surface area (Å²) >= 11 is 0. The minimum Gasteiger partial charge on any atom is -0.459 e. The van der Waals surface area contributed by atoms with Crippen molar-refractivity contribution < 1.29 is 9.21 Å². The van der Waals surface area contributed by atoms with Gasteiger partial charge in [0.05, 0.1) is 6.26 Å². The number of likely N-dealkylation sites (tertiary alicyclic amines) is 1. The number of nitrogens with zero attached hydrogens (tertiary/aromatic N) is 1. The minimum atomic E-state index is -0.128. The van der Waals surface area contributed by atoms with E-state index in [0.29, 0.717) is 18.3 Å². The van der Waals surface area contributed by atoms with Gasteiger partial charge in [-0.1, -0.05) is 6.92 Å². The maximum absolute atomic E-state index is 11.7. The summed E-state index contributed by atoms with van der Waals surface area (Å²) in [5, 5.41) is 2.92. The van der Waals surface area contributed by atoms with Gasteiger partial charge in [-0.15, -0.1) is 0 Å². The first-order chi connectivity index (χ1) is 8.66. The summed E-state index contributed by atoms with van der Waals surface area (Å²) in [4.78, 5) is 14.2. The molecule has 1 atom stereocenters. The third-order valence-electron chi connectivity index (χ3n) is 3.74. The number of rotatable bonds is 4. The average Bonchev–Trinajstić information content (AvgIpc) is 2.90. The Hall–Kier alpha value is -1.29. The van der Waals surface area contributed by atoms with E-state index in [1.807, 2.05) is 0 Å². The van der Waals surface area contributed by atoms with Gasteiger partial charge in [-0.25, -0.2) is 0 Å². The molecule has 1 aliphatic heterocycles.